The standard InChI is InChI=1S/C11H9N3O/c1-14-7-9(6-12)11(13-14)8-2-4-10(15)5-3-8/h2-5,7,15H,1H3. The highest BCUT2D eigenvalue weighted by molar-refractivity contribution is 5.66. The molecule has 1 N–H and O–H groups in total. The van der Waals surface area contributed by atoms with E-state index in [4.69, 9.17) is 10.4 Å². The van der Waals surface area contributed by atoms with Gasteiger partial charge in [0.2, 0.25) is 0 Å². The summed E-state index contributed by atoms with van der Waals surface area (Å²) in [6, 6.07) is 8.70. The molecule has 2 rings (SSSR count). The fourth-order valence-electron chi connectivity index (χ4n) is 1.40. The number of aromatic nitrogens is 2. The molecule has 0 aliphatic heterocycles. The Morgan fingerprint density at radius 1 is 1.33 bits per heavy atom. The smallest absolute Gasteiger partial charge is 0.115 e. The number of phenolic OH excluding ortho intramolecular Hbond substituents is 1. The first-order valence-electron chi connectivity index (χ1n) is 4.44. The van der Waals surface area contributed by atoms with E-state index >= 15 is 0 Å². The fourth-order valence-corrected chi connectivity index (χ4v) is 1.40. The second-order valence-corrected chi connectivity index (χ2v) is 3.22. The summed E-state index contributed by atoms with van der Waals surface area (Å²) in [7, 11) is 1.77. The highest BCUT2D eigenvalue weighted by atomic mass is 16.3. The van der Waals surface area contributed by atoms with Gasteiger partial charge < -0.3 is 5.11 Å². The van der Waals surface area contributed by atoms with Gasteiger partial charge in [-0.1, -0.05) is 0 Å². The number of nitrogens with zero attached hydrogens (tertiary/aromatic N) is 3. The van der Waals surface area contributed by atoms with Gasteiger partial charge in [0.05, 0.1) is 5.56 Å². The van der Waals surface area contributed by atoms with Crippen LogP contribution in [0.5, 0.6) is 5.75 Å². The van der Waals surface area contributed by atoms with Crippen LogP contribution in [-0.2, 0) is 7.05 Å². The van der Waals surface area contributed by atoms with Gasteiger partial charge in [-0.25, -0.2) is 0 Å². The molecule has 1 aromatic carbocycles. The lowest BCUT2D eigenvalue weighted by molar-refractivity contribution is 0.475. The molecule has 1 aromatic heterocycles. The van der Waals surface area contributed by atoms with E-state index in [1.54, 1.807) is 42.2 Å². The van der Waals surface area contributed by atoms with E-state index in [-0.39, 0.29) is 5.75 Å². The minimum absolute atomic E-state index is 0.202. The SMILES string of the molecule is Cn1cc(C#N)c(-c2ccc(O)cc2)n1. The fraction of sp³-hybridized carbons (Fsp3) is 0.0909. The molecule has 0 aliphatic rings. The van der Waals surface area contributed by atoms with Crippen molar-refractivity contribution < 1.29 is 5.11 Å². The van der Waals surface area contributed by atoms with Crippen LogP contribution >= 0.6 is 0 Å². The lowest BCUT2D eigenvalue weighted by Gasteiger charge is -1.97. The van der Waals surface area contributed by atoms with Gasteiger partial charge in [0.15, 0.2) is 0 Å². The van der Waals surface area contributed by atoms with Crippen LogP contribution < -0.4 is 0 Å². The first-order chi connectivity index (χ1) is 7.20. The van der Waals surface area contributed by atoms with Gasteiger partial charge >= 0.3 is 0 Å². The van der Waals surface area contributed by atoms with E-state index < -0.39 is 0 Å². The predicted octanol–water partition coefficient (Wildman–Crippen LogP) is 1.66. The lowest BCUT2D eigenvalue weighted by Crippen LogP contribution is -1.87. The molecule has 0 radical (unpaired) electrons. The maximum atomic E-state index is 9.14. The summed E-state index contributed by atoms with van der Waals surface area (Å²) in [6.45, 7) is 0. The number of rotatable bonds is 1. The zero-order valence-electron chi connectivity index (χ0n) is 8.18. The van der Waals surface area contributed by atoms with Crippen LogP contribution in [0.3, 0.4) is 0 Å². The molecule has 1 heterocycles. The zero-order chi connectivity index (χ0) is 10.8. The zero-order valence-corrected chi connectivity index (χ0v) is 8.18. The highest BCUT2D eigenvalue weighted by Gasteiger charge is 2.08. The van der Waals surface area contributed by atoms with E-state index in [9.17, 15) is 0 Å². The van der Waals surface area contributed by atoms with Gasteiger partial charge in [-0.3, -0.25) is 4.68 Å². The molecule has 0 fully saturated rings. The summed E-state index contributed by atoms with van der Waals surface area (Å²) in [5.41, 5.74) is 1.99. The minimum Gasteiger partial charge on any atom is -0.508 e. The van der Waals surface area contributed by atoms with Gasteiger partial charge in [0.1, 0.15) is 17.5 Å². The lowest BCUT2D eigenvalue weighted by atomic mass is 10.1. The van der Waals surface area contributed by atoms with Crippen LogP contribution in [0.4, 0.5) is 0 Å². The van der Waals surface area contributed by atoms with Gasteiger partial charge in [0, 0.05) is 18.8 Å². The van der Waals surface area contributed by atoms with Crippen molar-refractivity contribution in [3.8, 4) is 23.1 Å². The number of hydrogen-bond acceptors (Lipinski definition) is 3. The molecule has 4 nitrogen and oxygen atoms in total. The third-order valence-electron chi connectivity index (χ3n) is 2.09. The van der Waals surface area contributed by atoms with Crippen molar-refractivity contribution >= 4 is 0 Å². The largest absolute Gasteiger partial charge is 0.508 e. The van der Waals surface area contributed by atoms with Crippen molar-refractivity contribution in [3.05, 3.63) is 36.0 Å². The van der Waals surface area contributed by atoms with Crippen LogP contribution in [-0.4, -0.2) is 14.9 Å². The number of benzene rings is 1. The van der Waals surface area contributed by atoms with Crippen molar-refractivity contribution in [1.29, 1.82) is 5.26 Å². The van der Waals surface area contributed by atoms with Crippen molar-refractivity contribution in [3.63, 3.8) is 0 Å². The summed E-state index contributed by atoms with van der Waals surface area (Å²) in [5, 5.41) is 22.2. The van der Waals surface area contributed by atoms with Crippen LogP contribution in [0, 0.1) is 11.3 Å². The van der Waals surface area contributed by atoms with Crippen LogP contribution in [0.15, 0.2) is 30.5 Å². The Kier molecular flexibility index (Phi) is 2.14. The minimum atomic E-state index is 0.202. The van der Waals surface area contributed by atoms with Gasteiger partial charge in [0.25, 0.3) is 0 Å². The van der Waals surface area contributed by atoms with Gasteiger partial charge in [-0.2, -0.15) is 10.4 Å². The second-order valence-electron chi connectivity index (χ2n) is 3.22. The molecule has 74 valence electrons. The molecule has 4 heteroatoms. The molecule has 0 amide bonds. The molecule has 0 aliphatic carbocycles. The average molecular weight is 199 g/mol. The molecule has 0 saturated heterocycles. The number of aryl methyl sites for hydroxylation is 1. The molecule has 0 spiro atoms. The highest BCUT2D eigenvalue weighted by Crippen LogP contribution is 2.23. The van der Waals surface area contributed by atoms with Crippen molar-refractivity contribution in [1.82, 2.24) is 9.78 Å². The molecular weight excluding hydrogens is 190 g/mol. The Labute approximate surface area is 87.0 Å². The Hall–Kier alpha value is -2.28. The number of nitriles is 1. The van der Waals surface area contributed by atoms with E-state index in [0.29, 0.717) is 11.3 Å². The molecular formula is C11H9N3O. The van der Waals surface area contributed by atoms with E-state index in [0.717, 1.165) is 5.56 Å². The summed E-state index contributed by atoms with van der Waals surface area (Å²) in [4.78, 5) is 0. The quantitative estimate of drug-likeness (QED) is 0.759. The number of phenols is 1. The van der Waals surface area contributed by atoms with Gasteiger partial charge in [-0.05, 0) is 24.3 Å². The maximum absolute atomic E-state index is 9.14. The molecule has 15 heavy (non-hydrogen) atoms. The Morgan fingerprint density at radius 3 is 2.60 bits per heavy atom. The van der Waals surface area contributed by atoms with Crippen LogP contribution in [0.25, 0.3) is 11.3 Å². The molecule has 0 atom stereocenters. The molecule has 0 bridgehead atoms. The molecule has 2 aromatic rings. The Balaban J connectivity index is 2.54. The van der Waals surface area contributed by atoms with Crippen LogP contribution in [0.2, 0.25) is 0 Å². The summed E-state index contributed by atoms with van der Waals surface area (Å²) in [5.74, 6) is 0.202. The summed E-state index contributed by atoms with van der Waals surface area (Å²) in [6.07, 6.45) is 1.67. The third-order valence-corrected chi connectivity index (χ3v) is 2.09. The average Bonchev–Trinajstić information content (AvgIpc) is 2.61. The normalized spacial score (nSPS) is 9.87. The maximum Gasteiger partial charge on any atom is 0.115 e. The van der Waals surface area contributed by atoms with Crippen molar-refractivity contribution in [2.24, 2.45) is 7.05 Å². The van der Waals surface area contributed by atoms with E-state index in [2.05, 4.69) is 11.2 Å². The summed E-state index contributed by atoms with van der Waals surface area (Å²) < 4.78 is 1.60. The first-order valence-corrected chi connectivity index (χ1v) is 4.44. The molecule has 0 saturated carbocycles. The van der Waals surface area contributed by atoms with Crippen molar-refractivity contribution in [2.75, 3.05) is 0 Å². The number of hydrogen-bond donors (Lipinski definition) is 1. The Bertz CT molecular complexity index is 520. The summed E-state index contributed by atoms with van der Waals surface area (Å²) >= 11 is 0. The third kappa shape index (κ3) is 1.67. The van der Waals surface area contributed by atoms with Crippen LogP contribution in [0.1, 0.15) is 5.56 Å². The molecule has 0 unspecified atom stereocenters. The van der Waals surface area contributed by atoms with E-state index in [1.807, 2.05) is 0 Å². The predicted molar refractivity (Wildman–Crippen MR) is 55.0 cm³/mol. The monoisotopic (exact) mass is 199 g/mol. The second kappa shape index (κ2) is 3.46. The van der Waals surface area contributed by atoms with E-state index in [1.165, 1.54) is 0 Å². The van der Waals surface area contributed by atoms with Gasteiger partial charge in [-0.15, -0.1) is 0 Å². The first kappa shape index (κ1) is 9.28. The topological polar surface area (TPSA) is 61.8 Å². The number of aromatic hydroxyl groups is 1. The Morgan fingerprint density at radius 2 is 2.00 bits per heavy atom. The van der Waals surface area contributed by atoms with Crippen molar-refractivity contribution in [2.45, 2.75) is 0 Å².